The molecular formula is C6H12BNO. The molecule has 0 spiro atoms. The molecule has 0 aliphatic carbocycles. The summed E-state index contributed by atoms with van der Waals surface area (Å²) in [6.45, 7) is 3.23. The SMILES string of the molecule is BC1O[C@@]2(C)CNC1C2. The topological polar surface area (TPSA) is 21.3 Å². The van der Waals surface area contributed by atoms with Crippen molar-refractivity contribution in [2.45, 2.75) is 31.0 Å². The molecule has 50 valence electrons. The van der Waals surface area contributed by atoms with E-state index >= 15 is 0 Å². The van der Waals surface area contributed by atoms with Crippen molar-refractivity contribution in [3.63, 3.8) is 0 Å². The highest BCUT2D eigenvalue weighted by molar-refractivity contribution is 6.11. The number of fused-ring (bicyclic) bond motifs is 2. The molecule has 2 heterocycles. The molecule has 2 bridgehead atoms. The Kier molecular flexibility index (Phi) is 0.973. The van der Waals surface area contributed by atoms with Crippen LogP contribution in [-0.2, 0) is 4.74 Å². The average molecular weight is 125 g/mol. The highest BCUT2D eigenvalue weighted by atomic mass is 16.5. The van der Waals surface area contributed by atoms with Crippen molar-refractivity contribution < 1.29 is 4.74 Å². The molecule has 2 aliphatic rings. The second-order valence-electron chi connectivity index (χ2n) is 3.46. The number of nitrogens with one attached hydrogen (secondary N) is 1. The number of hydrogen-bond donors (Lipinski definition) is 1. The maximum Gasteiger partial charge on any atom is 0.141 e. The van der Waals surface area contributed by atoms with E-state index in [1.165, 1.54) is 6.42 Å². The molecule has 0 amide bonds. The summed E-state index contributed by atoms with van der Waals surface area (Å²) >= 11 is 0. The van der Waals surface area contributed by atoms with E-state index in [2.05, 4.69) is 20.1 Å². The molecule has 2 nitrogen and oxygen atoms in total. The van der Waals surface area contributed by atoms with Crippen LogP contribution in [0.1, 0.15) is 13.3 Å². The van der Waals surface area contributed by atoms with Crippen molar-refractivity contribution in [2.75, 3.05) is 6.54 Å². The van der Waals surface area contributed by atoms with Gasteiger partial charge < -0.3 is 10.1 Å². The van der Waals surface area contributed by atoms with Gasteiger partial charge in [0.05, 0.1) is 5.60 Å². The minimum Gasteiger partial charge on any atom is -0.378 e. The van der Waals surface area contributed by atoms with Gasteiger partial charge in [0.1, 0.15) is 7.85 Å². The summed E-state index contributed by atoms with van der Waals surface area (Å²) in [6, 6.07) is 1.07. The van der Waals surface area contributed by atoms with Crippen LogP contribution in [0.3, 0.4) is 0 Å². The van der Waals surface area contributed by atoms with E-state index in [0.29, 0.717) is 12.0 Å². The summed E-state index contributed by atoms with van der Waals surface area (Å²) in [5.41, 5.74) is 0.171. The first-order chi connectivity index (χ1) is 4.20. The Morgan fingerprint density at radius 3 is 2.78 bits per heavy atom. The lowest BCUT2D eigenvalue weighted by Crippen LogP contribution is -2.43. The molecule has 3 atom stereocenters. The van der Waals surface area contributed by atoms with E-state index in [0.717, 1.165) is 6.54 Å². The summed E-state index contributed by atoms with van der Waals surface area (Å²) in [5.74, 6) is 0. The van der Waals surface area contributed by atoms with Gasteiger partial charge in [-0.15, -0.1) is 0 Å². The lowest BCUT2D eigenvalue weighted by molar-refractivity contribution is -0.0112. The second-order valence-corrected chi connectivity index (χ2v) is 3.46. The van der Waals surface area contributed by atoms with Gasteiger partial charge in [-0.1, -0.05) is 0 Å². The third-order valence-corrected chi connectivity index (χ3v) is 2.43. The second kappa shape index (κ2) is 1.52. The predicted octanol–water partition coefficient (Wildman–Crippen LogP) is -0.904. The largest absolute Gasteiger partial charge is 0.378 e. The van der Waals surface area contributed by atoms with Gasteiger partial charge in [0.25, 0.3) is 0 Å². The Morgan fingerprint density at radius 1 is 1.78 bits per heavy atom. The van der Waals surface area contributed by atoms with Crippen LogP contribution < -0.4 is 5.32 Å². The fourth-order valence-corrected chi connectivity index (χ4v) is 1.91. The molecule has 2 rings (SSSR count). The van der Waals surface area contributed by atoms with Gasteiger partial charge in [-0.25, -0.2) is 0 Å². The lowest BCUT2D eigenvalue weighted by Gasteiger charge is -2.26. The summed E-state index contributed by atoms with van der Waals surface area (Å²) in [5, 5.41) is 3.42. The molecule has 2 unspecified atom stereocenters. The van der Waals surface area contributed by atoms with E-state index < -0.39 is 0 Å². The molecule has 0 saturated carbocycles. The van der Waals surface area contributed by atoms with Crippen LogP contribution in [0.2, 0.25) is 0 Å². The van der Waals surface area contributed by atoms with E-state index in [1.54, 1.807) is 0 Å². The summed E-state index contributed by atoms with van der Waals surface area (Å²) < 4.78 is 5.69. The predicted molar refractivity (Wildman–Crippen MR) is 38.2 cm³/mol. The molecule has 3 heteroatoms. The smallest absolute Gasteiger partial charge is 0.141 e. The standard InChI is InChI=1S/C6H12BNO/c1-6-2-4(8-3-6)5(7)9-6/h4-5,8H,2-3,7H2,1H3/t4?,5?,6-/m1/s1. The van der Waals surface area contributed by atoms with Crippen LogP contribution >= 0.6 is 0 Å². The Hall–Kier alpha value is -0.0151. The molecule has 1 N–H and O–H groups in total. The van der Waals surface area contributed by atoms with Gasteiger partial charge in [0.15, 0.2) is 0 Å². The molecular weight excluding hydrogens is 113 g/mol. The highest BCUT2D eigenvalue weighted by Crippen LogP contribution is 2.33. The highest BCUT2D eigenvalue weighted by Gasteiger charge is 2.46. The van der Waals surface area contributed by atoms with E-state index in [4.69, 9.17) is 4.74 Å². The number of rotatable bonds is 0. The first-order valence-electron chi connectivity index (χ1n) is 3.61. The van der Waals surface area contributed by atoms with Gasteiger partial charge in [0.2, 0.25) is 0 Å². The first-order valence-corrected chi connectivity index (χ1v) is 3.61. The molecule has 0 aromatic rings. The Bertz CT molecular complexity index is 137. The molecule has 2 aliphatic heterocycles. The molecule has 0 aromatic heterocycles. The third-order valence-electron chi connectivity index (χ3n) is 2.43. The van der Waals surface area contributed by atoms with Crippen molar-refractivity contribution in [1.82, 2.24) is 5.32 Å². The molecule has 9 heavy (non-hydrogen) atoms. The number of hydrogen-bond acceptors (Lipinski definition) is 2. The Morgan fingerprint density at radius 2 is 2.56 bits per heavy atom. The maximum atomic E-state index is 5.69. The van der Waals surface area contributed by atoms with E-state index in [9.17, 15) is 0 Å². The van der Waals surface area contributed by atoms with Crippen LogP contribution in [0.5, 0.6) is 0 Å². The van der Waals surface area contributed by atoms with Crippen LogP contribution in [0.4, 0.5) is 0 Å². The first kappa shape index (κ1) is 5.75. The summed E-state index contributed by atoms with van der Waals surface area (Å²) in [7, 11) is 2.14. The van der Waals surface area contributed by atoms with Crippen molar-refractivity contribution in [2.24, 2.45) is 0 Å². The zero-order valence-electron chi connectivity index (χ0n) is 5.98. The number of ether oxygens (including phenoxy) is 1. The minimum atomic E-state index is 0.171. The van der Waals surface area contributed by atoms with Crippen LogP contribution in [0, 0.1) is 0 Å². The van der Waals surface area contributed by atoms with Crippen LogP contribution in [0.15, 0.2) is 0 Å². The number of morpholine rings is 1. The fraction of sp³-hybridized carbons (Fsp3) is 1.00. The minimum absolute atomic E-state index is 0.171. The average Bonchev–Trinajstić information content (AvgIpc) is 2.20. The van der Waals surface area contributed by atoms with Crippen molar-refractivity contribution in [3.8, 4) is 0 Å². The molecule has 0 radical (unpaired) electrons. The maximum absolute atomic E-state index is 5.69. The zero-order valence-corrected chi connectivity index (χ0v) is 5.98. The lowest BCUT2D eigenvalue weighted by atomic mass is 9.93. The quantitative estimate of drug-likeness (QED) is 0.423. The molecule has 2 saturated heterocycles. The Labute approximate surface area is 56.4 Å². The van der Waals surface area contributed by atoms with Gasteiger partial charge in [-0.2, -0.15) is 0 Å². The molecule has 0 aromatic carbocycles. The normalized spacial score (nSPS) is 56.6. The van der Waals surface area contributed by atoms with Gasteiger partial charge in [-0.3, -0.25) is 0 Å². The van der Waals surface area contributed by atoms with Crippen molar-refractivity contribution >= 4 is 7.85 Å². The summed E-state index contributed by atoms with van der Waals surface area (Å²) in [4.78, 5) is 0. The van der Waals surface area contributed by atoms with Crippen molar-refractivity contribution in [1.29, 1.82) is 0 Å². The fourth-order valence-electron chi connectivity index (χ4n) is 1.91. The van der Waals surface area contributed by atoms with Crippen LogP contribution in [-0.4, -0.2) is 32.0 Å². The monoisotopic (exact) mass is 125 g/mol. The van der Waals surface area contributed by atoms with Gasteiger partial charge in [0, 0.05) is 18.6 Å². The zero-order chi connectivity index (χ0) is 6.48. The molecule has 2 fully saturated rings. The third kappa shape index (κ3) is 0.716. The Balaban J connectivity index is 2.19. The summed E-state index contributed by atoms with van der Waals surface area (Å²) in [6.07, 6.45) is 1.20. The van der Waals surface area contributed by atoms with Crippen LogP contribution in [0.25, 0.3) is 0 Å². The van der Waals surface area contributed by atoms with E-state index in [-0.39, 0.29) is 5.60 Å². The van der Waals surface area contributed by atoms with Crippen molar-refractivity contribution in [3.05, 3.63) is 0 Å². The van der Waals surface area contributed by atoms with E-state index in [1.807, 2.05) is 0 Å². The van der Waals surface area contributed by atoms with Gasteiger partial charge >= 0.3 is 0 Å². The van der Waals surface area contributed by atoms with Gasteiger partial charge in [-0.05, 0) is 13.3 Å².